The number of benzene rings is 1. The molecule has 3 aliphatic rings. The van der Waals surface area contributed by atoms with Gasteiger partial charge in [-0.25, -0.2) is 8.97 Å². The summed E-state index contributed by atoms with van der Waals surface area (Å²) in [7, 11) is 0. The lowest BCUT2D eigenvalue weighted by atomic mass is 9.95. The summed E-state index contributed by atoms with van der Waals surface area (Å²) in [4.78, 5) is 26.7. The SMILES string of the molecule is O=C(NCC(=O)N1CC[C@@H]2[C@H]1CC[N+]2=C1CCC(O)CC1)c1cccc(F)c1. The Labute approximate surface area is 164 Å². The molecule has 3 fully saturated rings. The molecule has 0 aromatic heterocycles. The molecule has 6 nitrogen and oxygen atoms in total. The van der Waals surface area contributed by atoms with Gasteiger partial charge in [-0.1, -0.05) is 6.07 Å². The van der Waals surface area contributed by atoms with Crippen molar-refractivity contribution in [3.8, 4) is 0 Å². The fraction of sp³-hybridized carbons (Fsp3) is 0.571. The van der Waals surface area contributed by atoms with Crippen LogP contribution in [-0.4, -0.2) is 69.9 Å². The molecule has 4 rings (SSSR count). The van der Waals surface area contributed by atoms with E-state index in [1.54, 1.807) is 0 Å². The van der Waals surface area contributed by atoms with Gasteiger partial charge in [-0.2, -0.15) is 0 Å². The molecule has 2 aliphatic heterocycles. The molecule has 0 bridgehead atoms. The van der Waals surface area contributed by atoms with Gasteiger partial charge in [-0.05, 0) is 31.0 Å². The summed E-state index contributed by atoms with van der Waals surface area (Å²) in [6, 6.07) is 6.00. The van der Waals surface area contributed by atoms with Crippen molar-refractivity contribution in [1.29, 1.82) is 0 Å². The maximum atomic E-state index is 13.3. The van der Waals surface area contributed by atoms with Crippen LogP contribution in [0.2, 0.25) is 0 Å². The third-order valence-electron chi connectivity index (χ3n) is 6.32. The Morgan fingerprint density at radius 1 is 1.21 bits per heavy atom. The first kappa shape index (κ1) is 19.1. The molecule has 0 spiro atoms. The van der Waals surface area contributed by atoms with Crippen LogP contribution in [0.15, 0.2) is 24.3 Å². The molecule has 1 saturated carbocycles. The first-order chi connectivity index (χ1) is 13.5. The number of carbonyl (C=O) groups excluding carboxylic acids is 2. The third-order valence-corrected chi connectivity index (χ3v) is 6.32. The van der Waals surface area contributed by atoms with Crippen LogP contribution in [0.4, 0.5) is 4.39 Å². The first-order valence-electron chi connectivity index (χ1n) is 10.2. The summed E-state index contributed by atoms with van der Waals surface area (Å²) in [5.41, 5.74) is 1.64. The predicted octanol–water partition coefficient (Wildman–Crippen LogP) is 1.32. The Morgan fingerprint density at radius 3 is 2.75 bits per heavy atom. The number of carbonyl (C=O) groups is 2. The molecule has 2 saturated heterocycles. The van der Waals surface area contributed by atoms with Crippen molar-refractivity contribution in [2.24, 2.45) is 0 Å². The zero-order chi connectivity index (χ0) is 19.7. The van der Waals surface area contributed by atoms with Crippen LogP contribution in [0.25, 0.3) is 0 Å². The summed E-state index contributed by atoms with van der Waals surface area (Å²) >= 11 is 0. The molecule has 2 heterocycles. The van der Waals surface area contributed by atoms with E-state index in [-0.39, 0.29) is 30.2 Å². The molecule has 7 heteroatoms. The lowest BCUT2D eigenvalue weighted by Gasteiger charge is -2.22. The fourth-order valence-electron chi connectivity index (χ4n) is 4.90. The standard InChI is InChI=1S/C21H26FN3O3/c22-15-3-1-2-14(12-15)21(28)23-13-20(27)25-11-9-18-19(25)8-10-24(18)16-4-6-17(26)7-5-16/h1-3,12,17-19,26H,4-11,13H2/p+1/t17?,18-,19-/m1/s1. The maximum Gasteiger partial charge on any atom is 0.251 e. The number of aliphatic hydroxyl groups is 1. The Bertz CT molecular complexity index is 800. The lowest BCUT2D eigenvalue weighted by Crippen LogP contribution is -2.44. The normalized spacial score (nSPS) is 27.1. The van der Waals surface area contributed by atoms with Gasteiger partial charge in [0, 0.05) is 37.8 Å². The van der Waals surface area contributed by atoms with E-state index >= 15 is 0 Å². The van der Waals surface area contributed by atoms with Crippen molar-refractivity contribution >= 4 is 17.5 Å². The number of nitrogens with one attached hydrogen (secondary N) is 1. The minimum absolute atomic E-state index is 0.0681. The smallest absolute Gasteiger partial charge is 0.251 e. The van der Waals surface area contributed by atoms with Crippen LogP contribution >= 0.6 is 0 Å². The highest BCUT2D eigenvalue weighted by Gasteiger charge is 2.49. The second-order valence-corrected chi connectivity index (χ2v) is 7.98. The van der Waals surface area contributed by atoms with E-state index in [1.165, 1.54) is 30.0 Å². The van der Waals surface area contributed by atoms with Crippen LogP contribution in [0.3, 0.4) is 0 Å². The Hall–Kier alpha value is -2.28. The summed E-state index contributed by atoms with van der Waals surface area (Å²) < 4.78 is 15.7. The van der Waals surface area contributed by atoms with Gasteiger partial charge < -0.3 is 15.3 Å². The quantitative estimate of drug-likeness (QED) is 0.767. The van der Waals surface area contributed by atoms with E-state index in [2.05, 4.69) is 9.89 Å². The van der Waals surface area contributed by atoms with Crippen LogP contribution < -0.4 is 5.32 Å². The third kappa shape index (κ3) is 3.81. The molecular formula is C21H27FN3O3+. The van der Waals surface area contributed by atoms with Crippen LogP contribution in [0.1, 0.15) is 48.9 Å². The van der Waals surface area contributed by atoms with Gasteiger partial charge in [-0.3, -0.25) is 9.59 Å². The van der Waals surface area contributed by atoms with Crippen LogP contribution in [0, 0.1) is 5.82 Å². The summed E-state index contributed by atoms with van der Waals surface area (Å²) in [5, 5.41) is 12.4. The highest BCUT2D eigenvalue weighted by molar-refractivity contribution is 5.96. The van der Waals surface area contributed by atoms with Crippen LogP contribution in [0.5, 0.6) is 0 Å². The highest BCUT2D eigenvalue weighted by atomic mass is 19.1. The number of hydrogen-bond donors (Lipinski definition) is 2. The van der Waals surface area contributed by atoms with Gasteiger partial charge in [0.05, 0.1) is 18.7 Å². The lowest BCUT2D eigenvalue weighted by molar-refractivity contribution is -0.546. The Morgan fingerprint density at radius 2 is 2.00 bits per heavy atom. The van der Waals surface area contributed by atoms with Crippen molar-refractivity contribution < 1.29 is 23.7 Å². The van der Waals surface area contributed by atoms with E-state index in [1.807, 2.05) is 4.90 Å². The maximum absolute atomic E-state index is 13.3. The minimum Gasteiger partial charge on any atom is -0.393 e. The molecule has 1 aromatic carbocycles. The number of aliphatic hydroxyl groups excluding tert-OH is 1. The zero-order valence-corrected chi connectivity index (χ0v) is 15.9. The van der Waals surface area contributed by atoms with Crippen molar-refractivity contribution in [3.63, 3.8) is 0 Å². The van der Waals surface area contributed by atoms with E-state index in [0.29, 0.717) is 12.6 Å². The number of fused-ring (bicyclic) bond motifs is 1. The number of likely N-dealkylation sites (tertiary alicyclic amines) is 1. The van der Waals surface area contributed by atoms with Gasteiger partial charge >= 0.3 is 0 Å². The van der Waals surface area contributed by atoms with E-state index < -0.39 is 11.7 Å². The molecule has 0 radical (unpaired) electrons. The van der Waals surface area contributed by atoms with Gasteiger partial charge in [-0.15, -0.1) is 0 Å². The highest BCUT2D eigenvalue weighted by Crippen LogP contribution is 2.31. The molecule has 2 amide bonds. The number of halogens is 1. The summed E-state index contributed by atoms with van der Waals surface area (Å²) in [6.07, 6.45) is 5.27. The van der Waals surface area contributed by atoms with Crippen molar-refractivity contribution in [2.75, 3.05) is 19.6 Å². The molecular weight excluding hydrogens is 361 g/mol. The molecule has 1 aromatic rings. The fourth-order valence-corrected chi connectivity index (χ4v) is 4.90. The van der Waals surface area contributed by atoms with Crippen molar-refractivity contribution in [3.05, 3.63) is 35.6 Å². The number of nitrogens with zero attached hydrogens (tertiary/aromatic N) is 2. The van der Waals surface area contributed by atoms with Gasteiger partial charge in [0.2, 0.25) is 5.91 Å². The van der Waals surface area contributed by atoms with E-state index in [4.69, 9.17) is 0 Å². The molecule has 2 atom stereocenters. The average Bonchev–Trinajstić information content (AvgIpc) is 3.29. The number of amides is 2. The minimum atomic E-state index is -0.472. The second kappa shape index (κ2) is 7.99. The molecule has 150 valence electrons. The monoisotopic (exact) mass is 388 g/mol. The van der Waals surface area contributed by atoms with E-state index in [0.717, 1.165) is 45.1 Å². The summed E-state index contributed by atoms with van der Waals surface area (Å²) in [6.45, 7) is 1.60. The topological polar surface area (TPSA) is 72.7 Å². The molecule has 0 unspecified atom stereocenters. The summed E-state index contributed by atoms with van der Waals surface area (Å²) in [5.74, 6) is -0.990. The number of rotatable bonds is 3. The largest absolute Gasteiger partial charge is 0.393 e. The zero-order valence-electron chi connectivity index (χ0n) is 15.9. The molecule has 2 N–H and O–H groups in total. The molecule has 28 heavy (non-hydrogen) atoms. The van der Waals surface area contributed by atoms with Gasteiger partial charge in [0.15, 0.2) is 11.8 Å². The van der Waals surface area contributed by atoms with Crippen molar-refractivity contribution in [2.45, 2.75) is 56.7 Å². The predicted molar refractivity (Wildman–Crippen MR) is 102 cm³/mol. The number of hydrogen-bond acceptors (Lipinski definition) is 3. The first-order valence-corrected chi connectivity index (χ1v) is 10.2. The molecule has 1 aliphatic carbocycles. The second-order valence-electron chi connectivity index (χ2n) is 7.98. The Balaban J connectivity index is 1.35. The Kier molecular flexibility index (Phi) is 5.44. The van der Waals surface area contributed by atoms with E-state index in [9.17, 15) is 19.1 Å². The van der Waals surface area contributed by atoms with Crippen molar-refractivity contribution in [1.82, 2.24) is 10.2 Å². The van der Waals surface area contributed by atoms with Gasteiger partial charge in [0.1, 0.15) is 12.4 Å². The average molecular weight is 388 g/mol. The van der Waals surface area contributed by atoms with Crippen LogP contribution in [-0.2, 0) is 4.79 Å². The van der Waals surface area contributed by atoms with Gasteiger partial charge in [0.25, 0.3) is 5.91 Å².